The lowest BCUT2D eigenvalue weighted by atomic mass is 9.92. The zero-order valence-corrected chi connectivity index (χ0v) is 15.9. The van der Waals surface area contributed by atoms with Gasteiger partial charge in [-0.2, -0.15) is 13.2 Å². The lowest BCUT2D eigenvalue weighted by Crippen LogP contribution is -2.52. The Labute approximate surface area is 159 Å². The molecule has 1 atom stereocenters. The first kappa shape index (κ1) is 20.2. The highest BCUT2D eigenvalue weighted by atomic mass is 127. The first-order valence-electron chi connectivity index (χ1n) is 8.06. The Morgan fingerprint density at radius 2 is 1.52 bits per heavy atom. The van der Waals surface area contributed by atoms with E-state index in [1.165, 1.54) is 12.1 Å². The Balaban J connectivity index is 2.22. The largest absolute Gasteiger partial charge is 0.422 e. The Kier molecular flexibility index (Phi) is 7.71. The molecule has 0 heterocycles. The summed E-state index contributed by atoms with van der Waals surface area (Å²) in [6, 6.07) is 17.2. The monoisotopic (exact) mass is 463 g/mol. The van der Waals surface area contributed by atoms with Crippen molar-refractivity contribution in [3.8, 4) is 0 Å². The average molecular weight is 463 g/mol. The van der Waals surface area contributed by atoms with Crippen LogP contribution in [-0.4, -0.2) is 23.8 Å². The van der Waals surface area contributed by atoms with E-state index in [0.717, 1.165) is 9.99 Å². The molecule has 0 aromatic heterocycles. The van der Waals surface area contributed by atoms with Gasteiger partial charge in [-0.3, -0.25) is 0 Å². The number of alkyl halides is 4. The molecule has 136 valence electrons. The van der Waals surface area contributed by atoms with Gasteiger partial charge in [0.25, 0.3) is 0 Å². The summed E-state index contributed by atoms with van der Waals surface area (Å²) in [5.74, 6) is 0. The second-order valence-corrected chi connectivity index (χ2v) is 6.75. The fraction of sp³-hybridized carbons (Fsp3) is 0.368. The fourth-order valence-corrected chi connectivity index (χ4v) is 2.88. The molecule has 0 unspecified atom stereocenters. The van der Waals surface area contributed by atoms with Crippen LogP contribution in [0.5, 0.6) is 0 Å². The molecule has 2 nitrogen and oxygen atoms in total. The van der Waals surface area contributed by atoms with Crippen molar-refractivity contribution in [2.24, 2.45) is 0 Å². The van der Waals surface area contributed by atoms with Crippen LogP contribution in [0.3, 0.4) is 0 Å². The van der Waals surface area contributed by atoms with Crippen molar-refractivity contribution in [3.05, 3.63) is 71.8 Å². The predicted molar refractivity (Wildman–Crippen MR) is 102 cm³/mol. The maximum absolute atomic E-state index is 14.0. The van der Waals surface area contributed by atoms with E-state index in [0.29, 0.717) is 13.0 Å². The minimum Gasteiger partial charge on any atom is -0.360 e. The van der Waals surface area contributed by atoms with E-state index in [1.807, 2.05) is 30.3 Å². The Morgan fingerprint density at radius 1 is 0.920 bits per heavy atom. The van der Waals surface area contributed by atoms with Crippen molar-refractivity contribution < 1.29 is 17.9 Å². The summed E-state index contributed by atoms with van der Waals surface area (Å²) in [7, 11) is 0. The molecule has 6 heteroatoms. The standard InChI is InChI=1S/C19H21F3INO/c20-19(21,22)18(25-13-7-12-23,17-10-5-2-6-11-17)15-24-14-16-8-3-1-4-9-16/h1-6,8-11,24H,7,12-15H2/t18-/m0/s1. The van der Waals surface area contributed by atoms with Crippen LogP contribution in [0.25, 0.3) is 0 Å². The molecule has 0 amide bonds. The highest BCUT2D eigenvalue weighted by Gasteiger charge is 2.57. The molecule has 2 aromatic carbocycles. The van der Waals surface area contributed by atoms with Crippen molar-refractivity contribution in [3.63, 3.8) is 0 Å². The number of halogens is 4. The molecule has 0 saturated heterocycles. The van der Waals surface area contributed by atoms with Crippen molar-refractivity contribution in [2.75, 3.05) is 17.6 Å². The van der Waals surface area contributed by atoms with E-state index in [9.17, 15) is 13.2 Å². The second-order valence-electron chi connectivity index (χ2n) is 5.67. The summed E-state index contributed by atoms with van der Waals surface area (Å²) in [6.45, 7) is 0.0716. The molecule has 0 radical (unpaired) electrons. The third-order valence-corrected chi connectivity index (χ3v) is 4.63. The number of nitrogens with one attached hydrogen (secondary N) is 1. The topological polar surface area (TPSA) is 21.3 Å². The van der Waals surface area contributed by atoms with Crippen molar-refractivity contribution >= 4 is 22.6 Å². The highest BCUT2D eigenvalue weighted by Crippen LogP contribution is 2.42. The zero-order valence-electron chi connectivity index (χ0n) is 13.7. The van der Waals surface area contributed by atoms with Gasteiger partial charge in [-0.1, -0.05) is 83.3 Å². The predicted octanol–water partition coefficient (Wildman–Crippen LogP) is 5.08. The molecule has 0 spiro atoms. The van der Waals surface area contributed by atoms with E-state index in [-0.39, 0.29) is 18.7 Å². The number of rotatable bonds is 9. The van der Waals surface area contributed by atoms with Crippen LogP contribution in [0.1, 0.15) is 17.5 Å². The van der Waals surface area contributed by atoms with Gasteiger partial charge in [0.05, 0.1) is 0 Å². The van der Waals surface area contributed by atoms with Gasteiger partial charge in [-0.25, -0.2) is 0 Å². The summed E-state index contributed by atoms with van der Waals surface area (Å²) >= 11 is 2.13. The van der Waals surface area contributed by atoms with Crippen LogP contribution in [0.4, 0.5) is 13.2 Å². The van der Waals surface area contributed by atoms with Gasteiger partial charge in [0.15, 0.2) is 0 Å². The highest BCUT2D eigenvalue weighted by molar-refractivity contribution is 14.1. The molecule has 2 aromatic rings. The molecule has 2 rings (SSSR count). The summed E-state index contributed by atoms with van der Waals surface area (Å²) in [5, 5.41) is 2.93. The summed E-state index contributed by atoms with van der Waals surface area (Å²) in [6.07, 6.45) is -3.95. The average Bonchev–Trinajstić information content (AvgIpc) is 2.61. The Bertz CT molecular complexity index is 622. The van der Waals surface area contributed by atoms with Crippen LogP contribution in [0.2, 0.25) is 0 Å². The van der Waals surface area contributed by atoms with Crippen molar-refractivity contribution in [2.45, 2.75) is 24.7 Å². The first-order chi connectivity index (χ1) is 12.0. The van der Waals surface area contributed by atoms with Gasteiger partial charge in [0.1, 0.15) is 0 Å². The van der Waals surface area contributed by atoms with E-state index in [2.05, 4.69) is 27.9 Å². The van der Waals surface area contributed by atoms with Crippen molar-refractivity contribution in [1.29, 1.82) is 0 Å². The molecule has 1 N–H and O–H groups in total. The van der Waals surface area contributed by atoms with Gasteiger partial charge in [0.2, 0.25) is 5.60 Å². The minimum atomic E-state index is -4.52. The Morgan fingerprint density at radius 3 is 2.08 bits per heavy atom. The van der Waals surface area contributed by atoms with Gasteiger partial charge >= 0.3 is 6.18 Å². The number of ether oxygens (including phenoxy) is 1. The summed E-state index contributed by atoms with van der Waals surface area (Å²) in [4.78, 5) is 0. The molecule has 0 aliphatic carbocycles. The van der Waals surface area contributed by atoms with E-state index in [4.69, 9.17) is 4.74 Å². The third kappa shape index (κ3) is 5.43. The molecule has 0 bridgehead atoms. The molecular weight excluding hydrogens is 442 g/mol. The van der Waals surface area contributed by atoms with Crippen LogP contribution < -0.4 is 5.32 Å². The molecule has 0 saturated carbocycles. The maximum atomic E-state index is 14.0. The minimum absolute atomic E-state index is 0.0599. The second kappa shape index (κ2) is 9.54. The van der Waals surface area contributed by atoms with Gasteiger partial charge in [0, 0.05) is 24.1 Å². The third-order valence-electron chi connectivity index (χ3n) is 3.87. The van der Waals surface area contributed by atoms with Gasteiger partial charge in [-0.15, -0.1) is 0 Å². The van der Waals surface area contributed by atoms with E-state index >= 15 is 0 Å². The first-order valence-corrected chi connectivity index (χ1v) is 9.59. The smallest absolute Gasteiger partial charge is 0.360 e. The van der Waals surface area contributed by atoms with Crippen LogP contribution in [0.15, 0.2) is 60.7 Å². The van der Waals surface area contributed by atoms with Gasteiger partial charge < -0.3 is 10.1 Å². The summed E-state index contributed by atoms with van der Waals surface area (Å²) < 4.78 is 48.4. The Hall–Kier alpha value is -1.12. The van der Waals surface area contributed by atoms with Crippen LogP contribution in [-0.2, 0) is 16.9 Å². The zero-order chi connectivity index (χ0) is 18.2. The van der Waals surface area contributed by atoms with Gasteiger partial charge in [-0.05, 0) is 17.5 Å². The lowest BCUT2D eigenvalue weighted by molar-refractivity contribution is -0.283. The van der Waals surface area contributed by atoms with E-state index in [1.54, 1.807) is 18.2 Å². The number of hydrogen-bond donors (Lipinski definition) is 1. The quantitative estimate of drug-likeness (QED) is 0.319. The molecular formula is C19H21F3INO. The molecule has 0 aliphatic rings. The normalized spacial score (nSPS) is 14.2. The SMILES string of the molecule is FC(F)(F)[C@@](CNCc1ccccc1)(OCCCI)c1ccccc1. The fourth-order valence-electron chi connectivity index (χ4n) is 2.57. The van der Waals surface area contributed by atoms with E-state index < -0.39 is 11.8 Å². The van der Waals surface area contributed by atoms with Crippen molar-refractivity contribution in [1.82, 2.24) is 5.32 Å². The van der Waals surface area contributed by atoms with Crippen LogP contribution >= 0.6 is 22.6 Å². The number of hydrogen-bond acceptors (Lipinski definition) is 2. The molecule has 25 heavy (non-hydrogen) atoms. The number of benzene rings is 2. The molecule has 0 fully saturated rings. The summed E-state index contributed by atoms with van der Waals surface area (Å²) in [5.41, 5.74) is -1.30. The van der Waals surface area contributed by atoms with Crippen LogP contribution in [0, 0.1) is 0 Å². The maximum Gasteiger partial charge on any atom is 0.422 e. The molecule has 0 aliphatic heterocycles. The lowest BCUT2D eigenvalue weighted by Gasteiger charge is -2.36.